The van der Waals surface area contributed by atoms with Crippen molar-refractivity contribution in [1.29, 1.82) is 0 Å². The van der Waals surface area contributed by atoms with E-state index in [2.05, 4.69) is 54.9 Å². The van der Waals surface area contributed by atoms with Crippen molar-refractivity contribution in [3.8, 4) is 0 Å². The zero-order valence-corrected chi connectivity index (χ0v) is 13.9. The lowest BCUT2D eigenvalue weighted by Gasteiger charge is -2.15. The van der Waals surface area contributed by atoms with Gasteiger partial charge in [-0.25, -0.2) is 0 Å². The average molecular weight is 327 g/mol. The summed E-state index contributed by atoms with van der Waals surface area (Å²) in [6, 6.07) is 6.56. The first-order valence-electron chi connectivity index (χ1n) is 6.10. The van der Waals surface area contributed by atoms with Crippen molar-refractivity contribution in [2.75, 3.05) is 0 Å². The SMILES string of the molecule is Cc1cc(C(Br)c2ccc(C(C)(C)C)s2)c(C)o1. The molecule has 0 aliphatic heterocycles. The van der Waals surface area contributed by atoms with Crippen LogP contribution in [0.25, 0.3) is 0 Å². The quantitative estimate of drug-likeness (QED) is 0.641. The van der Waals surface area contributed by atoms with Crippen LogP contribution in [0.3, 0.4) is 0 Å². The minimum absolute atomic E-state index is 0.219. The van der Waals surface area contributed by atoms with Gasteiger partial charge < -0.3 is 4.42 Å². The van der Waals surface area contributed by atoms with Crippen LogP contribution in [0, 0.1) is 13.8 Å². The summed E-state index contributed by atoms with van der Waals surface area (Å²) < 4.78 is 5.61. The third kappa shape index (κ3) is 2.72. The Kier molecular flexibility index (Phi) is 3.75. The molecule has 2 heterocycles. The second-order valence-electron chi connectivity index (χ2n) is 5.68. The minimum Gasteiger partial charge on any atom is -0.466 e. The molecule has 0 bridgehead atoms. The molecule has 0 saturated heterocycles. The smallest absolute Gasteiger partial charge is 0.105 e. The number of thiophene rings is 1. The van der Waals surface area contributed by atoms with E-state index >= 15 is 0 Å². The Morgan fingerprint density at radius 1 is 1.22 bits per heavy atom. The predicted octanol–water partition coefficient (Wildman–Crippen LogP) is 5.74. The summed E-state index contributed by atoms with van der Waals surface area (Å²) in [7, 11) is 0. The number of alkyl halides is 1. The highest BCUT2D eigenvalue weighted by atomic mass is 79.9. The van der Waals surface area contributed by atoms with Crippen molar-refractivity contribution >= 4 is 27.3 Å². The molecule has 0 saturated carbocycles. The van der Waals surface area contributed by atoms with E-state index < -0.39 is 0 Å². The predicted molar refractivity (Wildman–Crippen MR) is 82.0 cm³/mol. The minimum atomic E-state index is 0.219. The van der Waals surface area contributed by atoms with Crippen LogP contribution >= 0.6 is 27.3 Å². The van der Waals surface area contributed by atoms with Crippen LogP contribution in [0.4, 0.5) is 0 Å². The standard InChI is InChI=1S/C15H19BrOS/c1-9-8-11(10(2)17-9)14(16)12-6-7-13(18-12)15(3,4)5/h6-8,14H,1-5H3. The van der Waals surface area contributed by atoms with Crippen molar-refractivity contribution in [3.63, 3.8) is 0 Å². The van der Waals surface area contributed by atoms with Gasteiger partial charge in [-0.2, -0.15) is 0 Å². The molecule has 3 heteroatoms. The van der Waals surface area contributed by atoms with Crippen molar-refractivity contribution < 1.29 is 4.42 Å². The Bertz CT molecular complexity index is 545. The van der Waals surface area contributed by atoms with Gasteiger partial charge in [-0.05, 0) is 37.5 Å². The molecular weight excluding hydrogens is 308 g/mol. The summed E-state index contributed by atoms with van der Waals surface area (Å²) in [6.45, 7) is 10.8. The van der Waals surface area contributed by atoms with E-state index in [1.165, 1.54) is 15.3 Å². The van der Waals surface area contributed by atoms with Crippen molar-refractivity contribution in [2.24, 2.45) is 0 Å². The molecule has 1 unspecified atom stereocenters. The maximum absolute atomic E-state index is 5.61. The maximum Gasteiger partial charge on any atom is 0.105 e. The molecule has 0 radical (unpaired) electrons. The largest absolute Gasteiger partial charge is 0.466 e. The van der Waals surface area contributed by atoms with Crippen molar-refractivity contribution in [1.82, 2.24) is 0 Å². The Labute approximate surface area is 121 Å². The number of halogens is 1. The normalized spacial score (nSPS) is 13.9. The third-order valence-corrected chi connectivity index (χ3v) is 5.83. The van der Waals surface area contributed by atoms with Gasteiger partial charge in [0.1, 0.15) is 11.5 Å². The maximum atomic E-state index is 5.61. The number of aryl methyl sites for hydroxylation is 2. The monoisotopic (exact) mass is 326 g/mol. The van der Waals surface area contributed by atoms with Gasteiger partial charge in [0.2, 0.25) is 0 Å². The molecule has 0 spiro atoms. The lowest BCUT2D eigenvalue weighted by atomic mass is 9.95. The molecule has 0 amide bonds. The second-order valence-corrected chi connectivity index (χ2v) is 7.71. The van der Waals surface area contributed by atoms with Crippen LogP contribution in [-0.4, -0.2) is 0 Å². The lowest BCUT2D eigenvalue weighted by molar-refractivity contribution is 0.502. The van der Waals surface area contributed by atoms with Gasteiger partial charge in [-0.1, -0.05) is 36.7 Å². The summed E-state index contributed by atoms with van der Waals surface area (Å²) in [6.07, 6.45) is 0. The lowest BCUT2D eigenvalue weighted by Crippen LogP contribution is -2.07. The first-order valence-corrected chi connectivity index (χ1v) is 7.83. The first-order chi connectivity index (χ1) is 8.29. The molecule has 1 atom stereocenters. The molecular formula is C15H19BrOS. The van der Waals surface area contributed by atoms with Gasteiger partial charge in [0.15, 0.2) is 0 Å². The zero-order chi connectivity index (χ0) is 13.5. The second kappa shape index (κ2) is 4.86. The molecule has 2 aromatic heterocycles. The highest BCUT2D eigenvalue weighted by Crippen LogP contribution is 2.40. The van der Waals surface area contributed by atoms with Gasteiger partial charge in [-0.15, -0.1) is 11.3 Å². The first kappa shape index (κ1) is 13.9. The Morgan fingerprint density at radius 2 is 1.89 bits per heavy atom. The van der Waals surface area contributed by atoms with Crippen LogP contribution in [0.2, 0.25) is 0 Å². The van der Waals surface area contributed by atoms with E-state index in [0.717, 1.165) is 11.5 Å². The van der Waals surface area contributed by atoms with E-state index in [-0.39, 0.29) is 10.2 Å². The van der Waals surface area contributed by atoms with Crippen molar-refractivity contribution in [2.45, 2.75) is 44.9 Å². The fourth-order valence-corrected chi connectivity index (χ4v) is 3.90. The summed E-state index contributed by atoms with van der Waals surface area (Å²) >= 11 is 5.66. The molecule has 98 valence electrons. The van der Waals surface area contributed by atoms with E-state index in [4.69, 9.17) is 4.42 Å². The fourth-order valence-electron chi connectivity index (χ4n) is 1.95. The summed E-state index contributed by atoms with van der Waals surface area (Å²) in [5.74, 6) is 1.97. The number of hydrogen-bond acceptors (Lipinski definition) is 2. The van der Waals surface area contributed by atoms with Crippen LogP contribution in [0.5, 0.6) is 0 Å². The molecule has 18 heavy (non-hydrogen) atoms. The van der Waals surface area contributed by atoms with E-state index in [0.29, 0.717) is 0 Å². The molecule has 0 aliphatic carbocycles. The average Bonchev–Trinajstić information content (AvgIpc) is 2.83. The van der Waals surface area contributed by atoms with Gasteiger partial charge in [0.05, 0.1) is 4.83 Å². The van der Waals surface area contributed by atoms with Crippen LogP contribution < -0.4 is 0 Å². The molecule has 1 nitrogen and oxygen atoms in total. The zero-order valence-electron chi connectivity index (χ0n) is 11.5. The van der Waals surface area contributed by atoms with Gasteiger partial charge in [0.25, 0.3) is 0 Å². The summed E-state index contributed by atoms with van der Waals surface area (Å²) in [5, 5.41) is 0. The van der Waals surface area contributed by atoms with Crippen LogP contribution in [-0.2, 0) is 5.41 Å². The Hall–Kier alpha value is -0.540. The molecule has 0 fully saturated rings. The Morgan fingerprint density at radius 3 is 2.33 bits per heavy atom. The molecule has 0 aromatic carbocycles. The Balaban J connectivity index is 2.32. The van der Waals surface area contributed by atoms with Crippen LogP contribution in [0.15, 0.2) is 22.6 Å². The summed E-state index contributed by atoms with van der Waals surface area (Å²) in [5.41, 5.74) is 1.45. The van der Waals surface area contributed by atoms with E-state index in [1.54, 1.807) is 0 Å². The van der Waals surface area contributed by atoms with Gasteiger partial charge in [-0.3, -0.25) is 0 Å². The third-order valence-electron chi connectivity index (χ3n) is 2.97. The number of hydrogen-bond donors (Lipinski definition) is 0. The van der Waals surface area contributed by atoms with Crippen molar-refractivity contribution in [3.05, 3.63) is 45.0 Å². The molecule has 0 N–H and O–H groups in total. The topological polar surface area (TPSA) is 13.1 Å². The van der Waals surface area contributed by atoms with E-state index in [1.807, 2.05) is 25.2 Å². The van der Waals surface area contributed by atoms with Gasteiger partial charge in [0, 0.05) is 15.3 Å². The summed E-state index contributed by atoms with van der Waals surface area (Å²) in [4.78, 5) is 2.99. The van der Waals surface area contributed by atoms with Crippen LogP contribution in [0.1, 0.15) is 52.4 Å². The molecule has 2 rings (SSSR count). The highest BCUT2D eigenvalue weighted by Gasteiger charge is 2.21. The highest BCUT2D eigenvalue weighted by molar-refractivity contribution is 9.09. The number of furan rings is 1. The fraction of sp³-hybridized carbons (Fsp3) is 0.467. The molecule has 0 aliphatic rings. The number of rotatable bonds is 2. The molecule has 2 aromatic rings. The van der Waals surface area contributed by atoms with E-state index in [9.17, 15) is 0 Å². The van der Waals surface area contributed by atoms with Gasteiger partial charge >= 0.3 is 0 Å².